The largest absolute Gasteiger partial charge is 0.316 e. The minimum atomic E-state index is -3.56. The van der Waals surface area contributed by atoms with Crippen molar-refractivity contribution >= 4 is 10.0 Å². The summed E-state index contributed by atoms with van der Waals surface area (Å²) in [4.78, 5) is 0.0999. The van der Waals surface area contributed by atoms with Crippen LogP contribution >= 0.6 is 0 Å². The number of sulfonamides is 1. The highest BCUT2D eigenvalue weighted by Crippen LogP contribution is 2.15. The van der Waals surface area contributed by atoms with Gasteiger partial charge in [-0.15, -0.1) is 0 Å². The standard InChI is InChI=1S/C13H21FN2O2S/c1-10(2)6-7-16-19(17,18)12-4-5-13(14)11(8-12)9-15-3/h4-5,8,10,15-16H,6-7,9H2,1-3H3. The van der Waals surface area contributed by atoms with E-state index in [2.05, 4.69) is 10.0 Å². The molecule has 1 rings (SSSR count). The minimum Gasteiger partial charge on any atom is -0.316 e. The maximum atomic E-state index is 13.4. The third kappa shape index (κ3) is 4.89. The summed E-state index contributed by atoms with van der Waals surface area (Å²) in [6.45, 7) is 4.73. The molecule has 0 atom stereocenters. The summed E-state index contributed by atoms with van der Waals surface area (Å²) in [5.41, 5.74) is 0.342. The lowest BCUT2D eigenvalue weighted by Gasteiger charge is -2.10. The highest BCUT2D eigenvalue weighted by molar-refractivity contribution is 7.89. The van der Waals surface area contributed by atoms with Crippen LogP contribution in [0.5, 0.6) is 0 Å². The predicted molar refractivity (Wildman–Crippen MR) is 73.8 cm³/mol. The second kappa shape index (κ2) is 6.98. The monoisotopic (exact) mass is 288 g/mol. The minimum absolute atomic E-state index is 0.0999. The van der Waals surface area contributed by atoms with Crippen molar-refractivity contribution in [2.24, 2.45) is 5.92 Å². The number of halogens is 1. The molecule has 2 N–H and O–H groups in total. The van der Waals surface area contributed by atoms with E-state index in [0.29, 0.717) is 24.6 Å². The Morgan fingerprint density at radius 3 is 2.58 bits per heavy atom. The summed E-state index contributed by atoms with van der Waals surface area (Å²) in [6.07, 6.45) is 0.768. The summed E-state index contributed by atoms with van der Waals surface area (Å²) < 4.78 is 40.0. The van der Waals surface area contributed by atoms with Gasteiger partial charge in [0.1, 0.15) is 5.82 Å². The third-order valence-electron chi connectivity index (χ3n) is 2.71. The summed E-state index contributed by atoms with van der Waals surface area (Å²) in [5, 5.41) is 2.81. The first-order valence-corrected chi connectivity index (χ1v) is 7.78. The van der Waals surface area contributed by atoms with Crippen molar-refractivity contribution in [1.82, 2.24) is 10.0 Å². The quantitative estimate of drug-likeness (QED) is 0.805. The Balaban J connectivity index is 2.86. The topological polar surface area (TPSA) is 58.2 Å². The second-order valence-corrected chi connectivity index (χ2v) is 6.63. The van der Waals surface area contributed by atoms with Crippen molar-refractivity contribution in [3.8, 4) is 0 Å². The van der Waals surface area contributed by atoms with Crippen molar-refractivity contribution in [1.29, 1.82) is 0 Å². The van der Waals surface area contributed by atoms with Crippen molar-refractivity contribution in [2.75, 3.05) is 13.6 Å². The highest BCUT2D eigenvalue weighted by atomic mass is 32.2. The maximum absolute atomic E-state index is 13.4. The molecule has 19 heavy (non-hydrogen) atoms. The molecule has 0 saturated carbocycles. The number of hydrogen-bond acceptors (Lipinski definition) is 3. The van der Waals surface area contributed by atoms with Gasteiger partial charge in [0.2, 0.25) is 10.0 Å². The molecule has 0 aliphatic heterocycles. The molecule has 0 saturated heterocycles. The molecule has 0 bridgehead atoms. The molecule has 0 amide bonds. The molecular weight excluding hydrogens is 267 g/mol. The molecule has 108 valence electrons. The highest BCUT2D eigenvalue weighted by Gasteiger charge is 2.15. The van der Waals surface area contributed by atoms with Crippen molar-refractivity contribution in [3.05, 3.63) is 29.6 Å². The average molecular weight is 288 g/mol. The zero-order chi connectivity index (χ0) is 14.5. The molecule has 1 aromatic rings. The third-order valence-corrected chi connectivity index (χ3v) is 4.17. The van der Waals surface area contributed by atoms with Gasteiger partial charge in [-0.2, -0.15) is 0 Å². The Bertz CT molecular complexity index is 515. The fourth-order valence-electron chi connectivity index (χ4n) is 1.61. The second-order valence-electron chi connectivity index (χ2n) is 4.86. The first-order chi connectivity index (χ1) is 8.86. The lowest BCUT2D eigenvalue weighted by Crippen LogP contribution is -2.26. The van der Waals surface area contributed by atoms with Crippen LogP contribution in [0.1, 0.15) is 25.8 Å². The molecular formula is C13H21FN2O2S. The molecule has 0 fully saturated rings. The van der Waals surface area contributed by atoms with Crippen LogP contribution in [-0.2, 0) is 16.6 Å². The van der Waals surface area contributed by atoms with E-state index in [1.54, 1.807) is 7.05 Å². The van der Waals surface area contributed by atoms with Crippen LogP contribution in [0.25, 0.3) is 0 Å². The van der Waals surface area contributed by atoms with Crippen molar-refractivity contribution in [3.63, 3.8) is 0 Å². The van der Waals surface area contributed by atoms with E-state index in [1.165, 1.54) is 18.2 Å². The zero-order valence-electron chi connectivity index (χ0n) is 11.5. The fraction of sp³-hybridized carbons (Fsp3) is 0.538. The molecule has 6 heteroatoms. The van der Waals surface area contributed by atoms with Crippen LogP contribution in [0.4, 0.5) is 4.39 Å². The van der Waals surface area contributed by atoms with Crippen LogP contribution in [0, 0.1) is 11.7 Å². The first kappa shape index (κ1) is 16.1. The predicted octanol–water partition coefficient (Wildman–Crippen LogP) is 1.87. The average Bonchev–Trinajstić information content (AvgIpc) is 2.31. The lowest BCUT2D eigenvalue weighted by atomic mass is 10.1. The van der Waals surface area contributed by atoms with Gasteiger partial charge in [0, 0.05) is 18.7 Å². The molecule has 0 aromatic heterocycles. The van der Waals surface area contributed by atoms with Gasteiger partial charge in [-0.05, 0) is 37.6 Å². The van der Waals surface area contributed by atoms with Crippen LogP contribution in [0.3, 0.4) is 0 Å². The van der Waals surface area contributed by atoms with Gasteiger partial charge in [0.15, 0.2) is 0 Å². The Kier molecular flexibility index (Phi) is 5.90. The summed E-state index contributed by atoms with van der Waals surface area (Å²) in [6, 6.07) is 3.83. The van der Waals surface area contributed by atoms with Gasteiger partial charge in [0.05, 0.1) is 4.90 Å². The molecule has 4 nitrogen and oxygen atoms in total. The maximum Gasteiger partial charge on any atom is 0.240 e. The summed E-state index contributed by atoms with van der Waals surface area (Å²) >= 11 is 0. The van der Waals surface area contributed by atoms with Gasteiger partial charge in [0.25, 0.3) is 0 Å². The van der Waals surface area contributed by atoms with E-state index in [4.69, 9.17) is 0 Å². The van der Waals surface area contributed by atoms with Gasteiger partial charge in [-0.3, -0.25) is 0 Å². The SMILES string of the molecule is CNCc1cc(S(=O)(=O)NCCC(C)C)ccc1F. The van der Waals surface area contributed by atoms with E-state index in [-0.39, 0.29) is 4.90 Å². The molecule has 0 unspecified atom stereocenters. The summed E-state index contributed by atoms with van der Waals surface area (Å²) in [5.74, 6) is 0.0197. The zero-order valence-corrected chi connectivity index (χ0v) is 12.3. The molecule has 0 heterocycles. The number of rotatable bonds is 7. The van der Waals surface area contributed by atoms with Gasteiger partial charge < -0.3 is 5.32 Å². The Morgan fingerprint density at radius 1 is 1.32 bits per heavy atom. The molecule has 0 spiro atoms. The number of hydrogen-bond donors (Lipinski definition) is 2. The van der Waals surface area contributed by atoms with Gasteiger partial charge in [-0.25, -0.2) is 17.5 Å². The van der Waals surface area contributed by atoms with Gasteiger partial charge in [-0.1, -0.05) is 13.8 Å². The van der Waals surface area contributed by atoms with Crippen molar-refractivity contribution < 1.29 is 12.8 Å². The fourth-order valence-corrected chi connectivity index (χ4v) is 2.71. The normalized spacial score (nSPS) is 12.1. The van der Waals surface area contributed by atoms with Gasteiger partial charge >= 0.3 is 0 Å². The van der Waals surface area contributed by atoms with E-state index in [1.807, 2.05) is 13.8 Å². The first-order valence-electron chi connectivity index (χ1n) is 6.29. The number of benzene rings is 1. The van der Waals surface area contributed by atoms with E-state index in [9.17, 15) is 12.8 Å². The van der Waals surface area contributed by atoms with E-state index < -0.39 is 15.8 Å². The van der Waals surface area contributed by atoms with Crippen LogP contribution in [0.15, 0.2) is 23.1 Å². The lowest BCUT2D eigenvalue weighted by molar-refractivity contribution is 0.550. The van der Waals surface area contributed by atoms with Crippen LogP contribution in [-0.4, -0.2) is 22.0 Å². The van der Waals surface area contributed by atoms with E-state index >= 15 is 0 Å². The van der Waals surface area contributed by atoms with E-state index in [0.717, 1.165) is 6.42 Å². The van der Waals surface area contributed by atoms with Crippen LogP contribution in [0.2, 0.25) is 0 Å². The molecule has 0 aliphatic rings. The Labute approximate surface area is 114 Å². The number of nitrogens with one attached hydrogen (secondary N) is 2. The smallest absolute Gasteiger partial charge is 0.240 e. The van der Waals surface area contributed by atoms with Crippen molar-refractivity contribution in [2.45, 2.75) is 31.7 Å². The molecule has 0 radical (unpaired) electrons. The Hall–Kier alpha value is -0.980. The molecule has 0 aliphatic carbocycles. The summed E-state index contributed by atoms with van der Waals surface area (Å²) in [7, 11) is -1.88. The Morgan fingerprint density at radius 2 is 2.00 bits per heavy atom. The van der Waals surface area contributed by atoms with Crippen LogP contribution < -0.4 is 10.0 Å². The molecule has 1 aromatic carbocycles.